The van der Waals surface area contributed by atoms with Crippen molar-refractivity contribution in [2.45, 2.75) is 52.0 Å². The molecule has 4 heteroatoms. The Hall–Kier alpha value is -0.350. The third kappa shape index (κ3) is 6.01. The minimum Gasteiger partial charge on any atom is -0.314 e. The lowest BCUT2D eigenvalue weighted by Gasteiger charge is -2.21. The predicted octanol–water partition coefficient (Wildman–Crippen LogP) is 2.54. The van der Waals surface area contributed by atoms with Crippen LogP contribution in [0.2, 0.25) is 0 Å². The van der Waals surface area contributed by atoms with Crippen LogP contribution in [0.1, 0.15) is 46.0 Å². The molecule has 1 N–H and O–H groups in total. The third-order valence-corrected chi connectivity index (χ3v) is 5.38. The van der Waals surface area contributed by atoms with Gasteiger partial charge in [-0.1, -0.05) is 12.5 Å². The largest absolute Gasteiger partial charge is 0.314 e. The first-order chi connectivity index (χ1) is 8.43. The van der Waals surface area contributed by atoms with Gasteiger partial charge in [0.2, 0.25) is 0 Å². The lowest BCUT2D eigenvalue weighted by Crippen LogP contribution is -2.32. The summed E-state index contributed by atoms with van der Waals surface area (Å²) in [6, 6.07) is 0.444. The Morgan fingerprint density at radius 1 is 1.50 bits per heavy atom. The highest BCUT2D eigenvalue weighted by molar-refractivity contribution is 7.91. The van der Waals surface area contributed by atoms with Gasteiger partial charge < -0.3 is 5.32 Å². The van der Waals surface area contributed by atoms with E-state index in [-0.39, 0.29) is 0 Å². The summed E-state index contributed by atoms with van der Waals surface area (Å²) >= 11 is 0. The van der Waals surface area contributed by atoms with Crippen LogP contribution in [-0.4, -0.2) is 32.5 Å². The normalized spacial score (nSPS) is 24.0. The van der Waals surface area contributed by atoms with E-state index in [1.165, 1.54) is 5.57 Å². The predicted molar refractivity (Wildman–Crippen MR) is 77.5 cm³/mol. The lowest BCUT2D eigenvalue weighted by molar-refractivity contribution is 0.387. The summed E-state index contributed by atoms with van der Waals surface area (Å²) in [4.78, 5) is 0. The van der Waals surface area contributed by atoms with Gasteiger partial charge in [-0.25, -0.2) is 8.42 Å². The van der Waals surface area contributed by atoms with Crippen LogP contribution in [0, 0.1) is 5.92 Å². The Kier molecular flexibility index (Phi) is 6.36. The number of rotatable bonds is 8. The molecule has 1 fully saturated rings. The highest BCUT2D eigenvalue weighted by Crippen LogP contribution is 2.24. The Morgan fingerprint density at radius 2 is 2.22 bits per heavy atom. The number of hydrogen-bond acceptors (Lipinski definition) is 3. The average Bonchev–Trinajstić information content (AvgIpc) is 2.62. The Morgan fingerprint density at radius 3 is 2.72 bits per heavy atom. The van der Waals surface area contributed by atoms with Crippen molar-refractivity contribution in [3.8, 4) is 0 Å². The maximum Gasteiger partial charge on any atom is 0.150 e. The van der Waals surface area contributed by atoms with E-state index in [9.17, 15) is 8.42 Å². The maximum atomic E-state index is 11.5. The number of hydrogen-bond donors (Lipinski definition) is 1. The van der Waals surface area contributed by atoms with Gasteiger partial charge in [0.1, 0.15) is 0 Å². The molecule has 1 heterocycles. The van der Waals surface area contributed by atoms with E-state index in [1.807, 2.05) is 0 Å². The summed E-state index contributed by atoms with van der Waals surface area (Å²) in [6.45, 7) is 9.16. The maximum absolute atomic E-state index is 11.5. The molecule has 0 saturated carbocycles. The van der Waals surface area contributed by atoms with E-state index < -0.39 is 9.84 Å². The monoisotopic (exact) mass is 273 g/mol. The van der Waals surface area contributed by atoms with Crippen LogP contribution in [0.25, 0.3) is 0 Å². The van der Waals surface area contributed by atoms with E-state index in [0.717, 1.165) is 38.6 Å². The van der Waals surface area contributed by atoms with E-state index in [2.05, 4.69) is 25.7 Å². The highest BCUT2D eigenvalue weighted by Gasteiger charge is 2.29. The first-order valence-corrected chi connectivity index (χ1v) is 8.83. The van der Waals surface area contributed by atoms with E-state index >= 15 is 0 Å². The standard InChI is InChI=1S/C14H27NO2S/c1-4-8-15-14(6-5-12(2)3)10-13-7-9-18(16,17)11-13/h13-15H,2,4-11H2,1,3H3. The van der Waals surface area contributed by atoms with Crippen molar-refractivity contribution in [3.05, 3.63) is 12.2 Å². The van der Waals surface area contributed by atoms with Crippen LogP contribution in [0.3, 0.4) is 0 Å². The van der Waals surface area contributed by atoms with Crippen molar-refractivity contribution in [1.29, 1.82) is 0 Å². The van der Waals surface area contributed by atoms with Crippen molar-refractivity contribution >= 4 is 9.84 Å². The molecule has 0 amide bonds. The quantitative estimate of drug-likeness (QED) is 0.691. The summed E-state index contributed by atoms with van der Waals surface area (Å²) in [7, 11) is -2.74. The molecule has 106 valence electrons. The van der Waals surface area contributed by atoms with Gasteiger partial charge in [-0.05, 0) is 51.5 Å². The van der Waals surface area contributed by atoms with Gasteiger partial charge in [-0.15, -0.1) is 6.58 Å². The first-order valence-electron chi connectivity index (χ1n) is 7.01. The van der Waals surface area contributed by atoms with E-state index in [1.54, 1.807) is 0 Å². The second-order valence-electron chi connectivity index (χ2n) is 5.65. The molecule has 0 bridgehead atoms. The third-order valence-electron chi connectivity index (χ3n) is 3.55. The van der Waals surface area contributed by atoms with Gasteiger partial charge in [0, 0.05) is 6.04 Å². The van der Waals surface area contributed by atoms with Crippen LogP contribution in [0.5, 0.6) is 0 Å². The Labute approximate surface area is 112 Å². The molecule has 18 heavy (non-hydrogen) atoms. The summed E-state index contributed by atoms with van der Waals surface area (Å²) in [5.41, 5.74) is 1.21. The van der Waals surface area contributed by atoms with Crippen molar-refractivity contribution in [2.75, 3.05) is 18.1 Å². The van der Waals surface area contributed by atoms with Crippen molar-refractivity contribution < 1.29 is 8.42 Å². The zero-order valence-electron chi connectivity index (χ0n) is 11.7. The minimum atomic E-state index is -2.74. The first kappa shape index (κ1) is 15.7. The topological polar surface area (TPSA) is 46.2 Å². The van der Waals surface area contributed by atoms with Crippen LogP contribution in [0.4, 0.5) is 0 Å². The van der Waals surface area contributed by atoms with Crippen LogP contribution >= 0.6 is 0 Å². The van der Waals surface area contributed by atoms with Gasteiger partial charge in [0.05, 0.1) is 11.5 Å². The molecule has 3 nitrogen and oxygen atoms in total. The van der Waals surface area contributed by atoms with Crippen LogP contribution < -0.4 is 5.32 Å². The molecule has 0 aromatic carbocycles. The smallest absolute Gasteiger partial charge is 0.150 e. The molecule has 0 spiro atoms. The molecular weight excluding hydrogens is 246 g/mol. The van der Waals surface area contributed by atoms with Crippen molar-refractivity contribution in [2.24, 2.45) is 5.92 Å². The molecule has 0 radical (unpaired) electrons. The molecule has 0 aliphatic carbocycles. The minimum absolute atomic E-state index is 0.356. The summed E-state index contributed by atoms with van der Waals surface area (Å²) in [5, 5.41) is 3.54. The fourth-order valence-corrected chi connectivity index (χ4v) is 4.41. The SMILES string of the molecule is C=C(C)CCC(CC1CCS(=O)(=O)C1)NCCC. The van der Waals surface area contributed by atoms with Crippen molar-refractivity contribution in [1.82, 2.24) is 5.32 Å². The highest BCUT2D eigenvalue weighted by atomic mass is 32.2. The second kappa shape index (κ2) is 7.29. The molecule has 0 aromatic rings. The summed E-state index contributed by atoms with van der Waals surface area (Å²) in [5.74, 6) is 1.14. The summed E-state index contributed by atoms with van der Waals surface area (Å²) in [6.07, 6.45) is 5.06. The van der Waals surface area contributed by atoms with Gasteiger partial charge >= 0.3 is 0 Å². The fraction of sp³-hybridized carbons (Fsp3) is 0.857. The molecule has 2 atom stereocenters. The number of allylic oxidation sites excluding steroid dienone is 1. The Bertz CT molecular complexity index is 362. The zero-order chi connectivity index (χ0) is 13.6. The molecule has 1 aliphatic rings. The molecule has 1 rings (SSSR count). The molecular formula is C14H27NO2S. The fourth-order valence-electron chi connectivity index (χ4n) is 2.53. The number of nitrogens with one attached hydrogen (secondary N) is 1. The average molecular weight is 273 g/mol. The van der Waals surface area contributed by atoms with Gasteiger partial charge in [-0.2, -0.15) is 0 Å². The van der Waals surface area contributed by atoms with E-state index in [0.29, 0.717) is 23.5 Å². The van der Waals surface area contributed by atoms with Gasteiger partial charge in [0.25, 0.3) is 0 Å². The second-order valence-corrected chi connectivity index (χ2v) is 7.88. The lowest BCUT2D eigenvalue weighted by atomic mass is 9.95. The molecule has 0 aromatic heterocycles. The summed E-state index contributed by atoms with van der Waals surface area (Å²) < 4.78 is 22.9. The van der Waals surface area contributed by atoms with Gasteiger partial charge in [-0.3, -0.25) is 0 Å². The molecule has 1 aliphatic heterocycles. The Balaban J connectivity index is 2.42. The van der Waals surface area contributed by atoms with Crippen LogP contribution in [0.15, 0.2) is 12.2 Å². The molecule has 2 unspecified atom stereocenters. The van der Waals surface area contributed by atoms with Crippen molar-refractivity contribution in [3.63, 3.8) is 0 Å². The molecule has 1 saturated heterocycles. The zero-order valence-corrected chi connectivity index (χ0v) is 12.6. The van der Waals surface area contributed by atoms with E-state index in [4.69, 9.17) is 0 Å². The van der Waals surface area contributed by atoms with Gasteiger partial charge in [0.15, 0.2) is 9.84 Å². The number of sulfone groups is 1. The van der Waals surface area contributed by atoms with Crippen LogP contribution in [-0.2, 0) is 9.84 Å².